The van der Waals surface area contributed by atoms with E-state index >= 15 is 0 Å². The number of amides is 1. The SMILES string of the molecule is COc1cccc2cc(C(=O)N3CCN(c4ccccc4Cl)CC3)c(=O)oc12. The Morgan fingerprint density at radius 1 is 1.07 bits per heavy atom. The van der Waals surface area contributed by atoms with Crippen LogP contribution >= 0.6 is 11.6 Å². The summed E-state index contributed by atoms with van der Waals surface area (Å²) >= 11 is 6.27. The zero-order valence-corrected chi connectivity index (χ0v) is 16.1. The van der Waals surface area contributed by atoms with Crippen LogP contribution in [0.3, 0.4) is 0 Å². The zero-order valence-electron chi connectivity index (χ0n) is 15.4. The Morgan fingerprint density at radius 3 is 2.54 bits per heavy atom. The summed E-state index contributed by atoms with van der Waals surface area (Å²) in [6, 6.07) is 14.5. The number of para-hydroxylation sites is 2. The van der Waals surface area contributed by atoms with Crippen molar-refractivity contribution in [3.05, 3.63) is 69.5 Å². The van der Waals surface area contributed by atoms with Crippen LogP contribution < -0.4 is 15.3 Å². The molecule has 0 saturated carbocycles. The smallest absolute Gasteiger partial charge is 0.349 e. The van der Waals surface area contributed by atoms with E-state index in [0.717, 1.165) is 5.69 Å². The number of methoxy groups -OCH3 is 1. The van der Waals surface area contributed by atoms with Crippen molar-refractivity contribution in [1.29, 1.82) is 0 Å². The van der Waals surface area contributed by atoms with Crippen molar-refractivity contribution >= 4 is 34.2 Å². The molecule has 1 aliphatic rings. The van der Waals surface area contributed by atoms with Gasteiger partial charge in [0, 0.05) is 31.6 Å². The molecule has 1 saturated heterocycles. The van der Waals surface area contributed by atoms with E-state index < -0.39 is 5.63 Å². The second-order valence-corrected chi connectivity index (χ2v) is 6.96. The van der Waals surface area contributed by atoms with Crippen LogP contribution in [0.15, 0.2) is 57.7 Å². The van der Waals surface area contributed by atoms with Crippen molar-refractivity contribution in [2.75, 3.05) is 38.2 Å². The van der Waals surface area contributed by atoms with Gasteiger partial charge in [0.25, 0.3) is 5.91 Å². The third-order valence-electron chi connectivity index (χ3n) is 4.93. The Hall–Kier alpha value is -2.99. The number of anilines is 1. The zero-order chi connectivity index (χ0) is 19.7. The first-order valence-corrected chi connectivity index (χ1v) is 9.36. The van der Waals surface area contributed by atoms with Gasteiger partial charge in [-0.15, -0.1) is 0 Å². The van der Waals surface area contributed by atoms with Gasteiger partial charge < -0.3 is 19.0 Å². The second kappa shape index (κ2) is 7.56. The minimum Gasteiger partial charge on any atom is -0.493 e. The van der Waals surface area contributed by atoms with Crippen LogP contribution in [0, 0.1) is 0 Å². The lowest BCUT2D eigenvalue weighted by Crippen LogP contribution is -2.49. The summed E-state index contributed by atoms with van der Waals surface area (Å²) in [6.07, 6.45) is 0. The number of carbonyl (C=O) groups is 1. The first kappa shape index (κ1) is 18.4. The lowest BCUT2D eigenvalue weighted by Gasteiger charge is -2.36. The maximum absolute atomic E-state index is 12.9. The molecule has 7 heteroatoms. The highest BCUT2D eigenvalue weighted by atomic mass is 35.5. The molecule has 3 aromatic rings. The molecule has 0 N–H and O–H groups in total. The van der Waals surface area contributed by atoms with E-state index in [9.17, 15) is 9.59 Å². The quantitative estimate of drug-likeness (QED) is 0.632. The van der Waals surface area contributed by atoms with Crippen molar-refractivity contribution in [2.45, 2.75) is 0 Å². The second-order valence-electron chi connectivity index (χ2n) is 6.56. The van der Waals surface area contributed by atoms with Gasteiger partial charge >= 0.3 is 5.63 Å². The van der Waals surface area contributed by atoms with Crippen LogP contribution in [0.2, 0.25) is 5.02 Å². The predicted molar refractivity (Wildman–Crippen MR) is 109 cm³/mol. The summed E-state index contributed by atoms with van der Waals surface area (Å²) in [5.74, 6) is 0.138. The highest BCUT2D eigenvalue weighted by Gasteiger charge is 2.26. The van der Waals surface area contributed by atoms with E-state index in [1.807, 2.05) is 24.3 Å². The highest BCUT2D eigenvalue weighted by molar-refractivity contribution is 6.33. The van der Waals surface area contributed by atoms with Crippen LogP contribution in [-0.4, -0.2) is 44.1 Å². The molecule has 1 aromatic heterocycles. The van der Waals surface area contributed by atoms with Crippen molar-refractivity contribution in [2.24, 2.45) is 0 Å². The van der Waals surface area contributed by atoms with Crippen LogP contribution in [0.4, 0.5) is 5.69 Å². The lowest BCUT2D eigenvalue weighted by molar-refractivity contribution is 0.0742. The van der Waals surface area contributed by atoms with Gasteiger partial charge in [0.2, 0.25) is 0 Å². The third-order valence-corrected chi connectivity index (χ3v) is 5.25. The number of halogens is 1. The van der Waals surface area contributed by atoms with Gasteiger partial charge in [-0.05, 0) is 24.3 Å². The van der Waals surface area contributed by atoms with Crippen LogP contribution in [0.1, 0.15) is 10.4 Å². The summed E-state index contributed by atoms with van der Waals surface area (Å²) < 4.78 is 10.6. The van der Waals surface area contributed by atoms with Crippen LogP contribution in [0.25, 0.3) is 11.0 Å². The minimum absolute atomic E-state index is 0.0342. The van der Waals surface area contributed by atoms with Gasteiger partial charge in [-0.3, -0.25) is 4.79 Å². The number of nitrogens with zero attached hydrogens (tertiary/aromatic N) is 2. The van der Waals surface area contributed by atoms with Crippen LogP contribution in [-0.2, 0) is 0 Å². The molecular formula is C21H19ClN2O4. The molecule has 0 spiro atoms. The molecule has 0 bridgehead atoms. The van der Waals surface area contributed by atoms with E-state index in [4.69, 9.17) is 20.8 Å². The number of carbonyl (C=O) groups excluding carboxylic acids is 1. The minimum atomic E-state index is -0.657. The van der Waals surface area contributed by atoms with Crippen molar-refractivity contribution in [1.82, 2.24) is 4.90 Å². The van der Waals surface area contributed by atoms with Crippen molar-refractivity contribution < 1.29 is 13.9 Å². The molecule has 1 amide bonds. The van der Waals surface area contributed by atoms with Crippen molar-refractivity contribution in [3.8, 4) is 5.75 Å². The maximum atomic E-state index is 12.9. The predicted octanol–water partition coefficient (Wildman–Crippen LogP) is 3.42. The maximum Gasteiger partial charge on any atom is 0.349 e. The Kier molecular flexibility index (Phi) is 4.96. The van der Waals surface area contributed by atoms with Gasteiger partial charge in [-0.1, -0.05) is 35.9 Å². The standard InChI is InChI=1S/C21H19ClN2O4/c1-27-18-8-4-5-14-13-15(21(26)28-19(14)18)20(25)24-11-9-23(10-12-24)17-7-3-2-6-16(17)22/h2-8,13H,9-12H2,1H3. The molecule has 0 radical (unpaired) electrons. The number of hydrogen-bond donors (Lipinski definition) is 0. The highest BCUT2D eigenvalue weighted by Crippen LogP contribution is 2.27. The molecule has 0 atom stereocenters. The molecule has 2 heterocycles. The van der Waals surface area contributed by atoms with E-state index in [-0.39, 0.29) is 11.5 Å². The largest absolute Gasteiger partial charge is 0.493 e. The normalized spacial score (nSPS) is 14.4. The van der Waals surface area contributed by atoms with Gasteiger partial charge in [0.05, 0.1) is 17.8 Å². The molecular weight excluding hydrogens is 380 g/mol. The summed E-state index contributed by atoms with van der Waals surface area (Å²) in [5.41, 5.74) is 0.672. The van der Waals surface area contributed by atoms with Gasteiger partial charge in [0.15, 0.2) is 11.3 Å². The molecule has 1 aliphatic heterocycles. The van der Waals surface area contributed by atoms with Gasteiger partial charge in [-0.2, -0.15) is 0 Å². The Labute approximate surface area is 166 Å². The fourth-order valence-electron chi connectivity index (χ4n) is 3.46. The van der Waals surface area contributed by atoms with Gasteiger partial charge in [0.1, 0.15) is 5.56 Å². The average molecular weight is 399 g/mol. The summed E-state index contributed by atoms with van der Waals surface area (Å²) in [4.78, 5) is 29.1. The molecule has 144 valence electrons. The van der Waals surface area contributed by atoms with E-state index in [1.54, 1.807) is 29.2 Å². The third kappa shape index (κ3) is 3.31. The van der Waals surface area contributed by atoms with E-state index in [0.29, 0.717) is 47.9 Å². The molecule has 1 fully saturated rings. The number of hydrogen-bond acceptors (Lipinski definition) is 5. The van der Waals surface area contributed by atoms with E-state index in [1.165, 1.54) is 7.11 Å². The number of rotatable bonds is 3. The Morgan fingerprint density at radius 2 is 1.82 bits per heavy atom. The van der Waals surface area contributed by atoms with E-state index in [2.05, 4.69) is 4.90 Å². The number of piperazine rings is 1. The molecule has 4 rings (SSSR count). The molecule has 0 aliphatic carbocycles. The fourth-order valence-corrected chi connectivity index (χ4v) is 3.71. The fraction of sp³-hybridized carbons (Fsp3) is 0.238. The summed E-state index contributed by atoms with van der Waals surface area (Å²) in [6.45, 7) is 2.28. The average Bonchev–Trinajstić information content (AvgIpc) is 2.73. The Bertz CT molecular complexity index is 1090. The molecule has 2 aromatic carbocycles. The molecule has 0 unspecified atom stereocenters. The molecule has 28 heavy (non-hydrogen) atoms. The topological polar surface area (TPSA) is 63.0 Å². The lowest BCUT2D eigenvalue weighted by atomic mass is 10.1. The number of benzene rings is 2. The summed E-state index contributed by atoms with van der Waals surface area (Å²) in [5, 5.41) is 1.34. The monoisotopic (exact) mass is 398 g/mol. The molecule has 6 nitrogen and oxygen atoms in total. The summed E-state index contributed by atoms with van der Waals surface area (Å²) in [7, 11) is 1.51. The van der Waals surface area contributed by atoms with Crippen molar-refractivity contribution in [3.63, 3.8) is 0 Å². The number of ether oxygens (including phenoxy) is 1. The first-order chi connectivity index (χ1) is 13.6. The number of fused-ring (bicyclic) bond motifs is 1. The van der Waals surface area contributed by atoms with Crippen LogP contribution in [0.5, 0.6) is 5.75 Å². The first-order valence-electron chi connectivity index (χ1n) is 8.98. The Balaban J connectivity index is 1.55. The van der Waals surface area contributed by atoms with Gasteiger partial charge in [-0.25, -0.2) is 4.79 Å².